The second-order valence-electron chi connectivity index (χ2n) is 6.11. The van der Waals surface area contributed by atoms with Crippen molar-refractivity contribution >= 4 is 11.9 Å². The van der Waals surface area contributed by atoms with Crippen LogP contribution in [0.1, 0.15) is 25.3 Å². The highest BCUT2D eigenvalue weighted by molar-refractivity contribution is 5.82. The van der Waals surface area contributed by atoms with Crippen LogP contribution in [0, 0.1) is 11.3 Å². The number of carbonyl (C=O) groups excluding carboxylic acids is 1. The van der Waals surface area contributed by atoms with Gasteiger partial charge in [-0.2, -0.15) is 0 Å². The molecule has 0 bridgehead atoms. The smallest absolute Gasteiger partial charge is 0.311 e. The number of carboxylic acid groups (broad SMARTS) is 1. The van der Waals surface area contributed by atoms with Gasteiger partial charge >= 0.3 is 5.97 Å². The first kappa shape index (κ1) is 16.5. The Morgan fingerprint density at radius 2 is 2.09 bits per heavy atom. The fourth-order valence-corrected chi connectivity index (χ4v) is 3.06. The number of benzene rings is 1. The summed E-state index contributed by atoms with van der Waals surface area (Å²) in [5.74, 6) is -1.94. The minimum absolute atomic E-state index is 0.0172. The van der Waals surface area contributed by atoms with Gasteiger partial charge in [0.2, 0.25) is 5.91 Å². The number of nitrogens with one attached hydrogen (secondary N) is 1. The molecule has 0 aliphatic carbocycles. The van der Waals surface area contributed by atoms with E-state index in [9.17, 15) is 19.8 Å². The number of carbonyl (C=O) groups is 2. The van der Waals surface area contributed by atoms with E-state index in [1.807, 2.05) is 30.3 Å². The quantitative estimate of drug-likeness (QED) is 0.592. The molecule has 1 amide bonds. The van der Waals surface area contributed by atoms with Gasteiger partial charge in [-0.1, -0.05) is 37.3 Å². The van der Waals surface area contributed by atoms with Crippen LogP contribution in [0.4, 0.5) is 0 Å². The molecule has 5 N–H and O–H groups in total. The van der Waals surface area contributed by atoms with Gasteiger partial charge in [0, 0.05) is 25.3 Å². The zero-order valence-corrected chi connectivity index (χ0v) is 12.6. The minimum atomic E-state index is -1.68. The van der Waals surface area contributed by atoms with Gasteiger partial charge in [-0.3, -0.25) is 9.59 Å². The van der Waals surface area contributed by atoms with E-state index in [4.69, 9.17) is 5.73 Å². The normalized spacial score (nSPS) is 25.9. The first-order chi connectivity index (χ1) is 10.3. The maximum absolute atomic E-state index is 11.8. The van der Waals surface area contributed by atoms with Crippen molar-refractivity contribution < 1.29 is 19.8 Å². The van der Waals surface area contributed by atoms with E-state index in [-0.39, 0.29) is 31.7 Å². The Labute approximate surface area is 129 Å². The molecule has 0 saturated carbocycles. The Balaban J connectivity index is 2.24. The highest BCUT2D eigenvalue weighted by atomic mass is 16.4. The number of hydrogen-bond acceptors (Lipinski definition) is 4. The molecule has 120 valence electrons. The van der Waals surface area contributed by atoms with Crippen molar-refractivity contribution in [3.8, 4) is 0 Å². The number of nitrogens with two attached hydrogens (primary N) is 1. The van der Waals surface area contributed by atoms with Gasteiger partial charge in [-0.05, 0) is 12.0 Å². The Morgan fingerprint density at radius 3 is 2.59 bits per heavy atom. The number of piperidine rings is 1. The Morgan fingerprint density at radius 1 is 1.45 bits per heavy atom. The lowest BCUT2D eigenvalue weighted by atomic mass is 9.66. The van der Waals surface area contributed by atoms with Crippen molar-refractivity contribution in [1.82, 2.24) is 5.32 Å². The molecular weight excluding hydrogens is 284 g/mol. The van der Waals surface area contributed by atoms with Crippen molar-refractivity contribution in [1.29, 1.82) is 0 Å². The molecule has 1 saturated heterocycles. The molecule has 1 aliphatic rings. The van der Waals surface area contributed by atoms with Crippen molar-refractivity contribution in [3.05, 3.63) is 35.9 Å². The number of rotatable bonds is 5. The average Bonchev–Trinajstić information content (AvgIpc) is 2.48. The van der Waals surface area contributed by atoms with Gasteiger partial charge in [-0.15, -0.1) is 0 Å². The maximum atomic E-state index is 11.8. The number of hydrogen-bond donors (Lipinski definition) is 4. The van der Waals surface area contributed by atoms with Crippen molar-refractivity contribution in [2.45, 2.75) is 31.9 Å². The van der Waals surface area contributed by atoms with Crippen LogP contribution in [-0.4, -0.2) is 34.4 Å². The number of aliphatic hydroxyl groups is 1. The van der Waals surface area contributed by atoms with Crippen LogP contribution in [0.15, 0.2) is 30.3 Å². The predicted molar refractivity (Wildman–Crippen MR) is 80.8 cm³/mol. The summed E-state index contributed by atoms with van der Waals surface area (Å²) in [6, 6.07) is 9.20. The molecule has 6 heteroatoms. The zero-order valence-electron chi connectivity index (χ0n) is 12.6. The molecule has 0 unspecified atom stereocenters. The number of amides is 1. The topological polar surface area (TPSA) is 113 Å². The maximum Gasteiger partial charge on any atom is 0.311 e. The van der Waals surface area contributed by atoms with E-state index < -0.39 is 23.0 Å². The second-order valence-corrected chi connectivity index (χ2v) is 6.11. The van der Waals surface area contributed by atoms with Crippen LogP contribution in [-0.2, 0) is 16.0 Å². The molecule has 0 radical (unpaired) electrons. The number of carboxylic acids is 1. The van der Waals surface area contributed by atoms with Gasteiger partial charge in [0.05, 0.1) is 5.41 Å². The lowest BCUT2D eigenvalue weighted by Crippen LogP contribution is -2.61. The van der Waals surface area contributed by atoms with E-state index in [0.29, 0.717) is 0 Å². The summed E-state index contributed by atoms with van der Waals surface area (Å²) in [7, 11) is 0. The van der Waals surface area contributed by atoms with E-state index in [1.165, 1.54) is 0 Å². The minimum Gasteiger partial charge on any atom is -0.481 e. The van der Waals surface area contributed by atoms with Gasteiger partial charge in [0.25, 0.3) is 0 Å². The first-order valence-electron chi connectivity index (χ1n) is 7.33. The lowest BCUT2D eigenvalue weighted by molar-refractivity contribution is -0.165. The van der Waals surface area contributed by atoms with Crippen LogP contribution in [0.2, 0.25) is 0 Å². The van der Waals surface area contributed by atoms with Crippen LogP contribution in [0.25, 0.3) is 0 Å². The van der Waals surface area contributed by atoms with E-state index in [0.717, 1.165) is 5.56 Å². The van der Waals surface area contributed by atoms with Crippen LogP contribution < -0.4 is 11.1 Å². The molecule has 1 aromatic carbocycles. The molecule has 1 aliphatic heterocycles. The Bertz CT molecular complexity index is 547. The van der Waals surface area contributed by atoms with Gasteiger partial charge in [0.15, 0.2) is 0 Å². The zero-order chi connectivity index (χ0) is 16.4. The molecular formula is C16H22N2O4. The third kappa shape index (κ3) is 3.13. The molecule has 1 heterocycles. The average molecular weight is 306 g/mol. The fourth-order valence-electron chi connectivity index (χ4n) is 3.06. The predicted octanol–water partition coefficient (Wildman–Crippen LogP) is 0.494. The van der Waals surface area contributed by atoms with Gasteiger partial charge in [0.1, 0.15) is 5.72 Å². The molecule has 0 aromatic heterocycles. The van der Waals surface area contributed by atoms with E-state index in [1.54, 1.807) is 6.92 Å². The van der Waals surface area contributed by atoms with Crippen LogP contribution in [0.3, 0.4) is 0 Å². The first-order valence-corrected chi connectivity index (χ1v) is 7.33. The van der Waals surface area contributed by atoms with Gasteiger partial charge in [-0.25, -0.2) is 0 Å². The second kappa shape index (κ2) is 6.06. The largest absolute Gasteiger partial charge is 0.481 e. The van der Waals surface area contributed by atoms with Crippen molar-refractivity contribution in [2.75, 3.05) is 6.54 Å². The van der Waals surface area contributed by atoms with E-state index in [2.05, 4.69) is 5.32 Å². The molecule has 1 fully saturated rings. The highest BCUT2D eigenvalue weighted by Gasteiger charge is 2.52. The summed E-state index contributed by atoms with van der Waals surface area (Å²) in [6.07, 6.45) is 0.444. The van der Waals surface area contributed by atoms with Crippen molar-refractivity contribution in [2.24, 2.45) is 17.1 Å². The van der Waals surface area contributed by atoms with Crippen molar-refractivity contribution in [3.63, 3.8) is 0 Å². The van der Waals surface area contributed by atoms with Gasteiger partial charge < -0.3 is 21.3 Å². The molecule has 1 aromatic rings. The Kier molecular flexibility index (Phi) is 4.53. The molecule has 2 rings (SSSR count). The Hall–Kier alpha value is -1.92. The lowest BCUT2D eigenvalue weighted by Gasteiger charge is -2.44. The van der Waals surface area contributed by atoms with Crippen LogP contribution >= 0.6 is 0 Å². The SMILES string of the molecule is C[C@@H]([C@]1(C(=O)O)CCC(=O)NC1)[C@](N)(O)Cc1ccccc1. The summed E-state index contributed by atoms with van der Waals surface area (Å²) >= 11 is 0. The monoisotopic (exact) mass is 306 g/mol. The highest BCUT2D eigenvalue weighted by Crippen LogP contribution is 2.40. The third-order valence-electron chi connectivity index (χ3n) is 4.73. The summed E-state index contributed by atoms with van der Waals surface area (Å²) < 4.78 is 0. The standard InChI is InChI=1S/C16H22N2O4/c1-11(15(14(20)21)8-7-13(19)18-10-15)16(17,22)9-12-5-3-2-4-6-12/h2-6,11,22H,7-10,17H2,1H3,(H,18,19)(H,20,21)/t11-,15-,16+/m0/s1. The summed E-state index contributed by atoms with van der Waals surface area (Å²) in [6.45, 7) is 1.62. The van der Waals surface area contributed by atoms with E-state index >= 15 is 0 Å². The van der Waals surface area contributed by atoms with Crippen LogP contribution in [0.5, 0.6) is 0 Å². The molecule has 22 heavy (non-hydrogen) atoms. The summed E-state index contributed by atoms with van der Waals surface area (Å²) in [5, 5.41) is 22.9. The molecule has 0 spiro atoms. The third-order valence-corrected chi connectivity index (χ3v) is 4.73. The molecule has 3 atom stereocenters. The molecule has 6 nitrogen and oxygen atoms in total. The number of aliphatic carboxylic acids is 1. The summed E-state index contributed by atoms with van der Waals surface area (Å²) in [4.78, 5) is 23.1. The fraction of sp³-hybridized carbons (Fsp3) is 0.500. The summed E-state index contributed by atoms with van der Waals surface area (Å²) in [5.41, 5.74) is 3.96.